The molecule has 3 N–H and O–H groups in total. The molecule has 0 radical (unpaired) electrons. The fourth-order valence-corrected chi connectivity index (χ4v) is 1.42. The van der Waals surface area contributed by atoms with E-state index < -0.39 is 0 Å². The zero-order chi connectivity index (χ0) is 14.4. The van der Waals surface area contributed by atoms with Crippen LogP contribution in [0.4, 0.5) is 5.69 Å². The first-order chi connectivity index (χ1) is 9.72. The molecule has 0 unspecified atom stereocenters. The van der Waals surface area contributed by atoms with E-state index in [-0.39, 0.29) is 18.2 Å². The number of hydrogen-bond donors (Lipinski definition) is 3. The predicted octanol–water partition coefficient (Wildman–Crippen LogP) is -0.117. The Morgan fingerprint density at radius 3 is 2.50 bits per heavy atom. The lowest BCUT2D eigenvalue weighted by molar-refractivity contribution is -0.120. The number of amidine groups is 1. The molecule has 20 heavy (non-hydrogen) atoms. The molecule has 0 saturated heterocycles. The molecule has 0 spiro atoms. The highest BCUT2D eigenvalue weighted by Gasteiger charge is 2.11. The van der Waals surface area contributed by atoms with Crippen molar-refractivity contribution < 1.29 is 4.79 Å². The number of anilines is 1. The van der Waals surface area contributed by atoms with E-state index in [0.717, 1.165) is 5.56 Å². The van der Waals surface area contributed by atoms with Gasteiger partial charge in [0, 0.05) is 5.56 Å². The summed E-state index contributed by atoms with van der Waals surface area (Å²) in [7, 11) is 0. The second-order valence-electron chi connectivity index (χ2n) is 3.71. The number of aliphatic imine (C=N–C) groups is 1. The van der Waals surface area contributed by atoms with Gasteiger partial charge in [-0.1, -0.05) is 0 Å². The normalized spacial score (nSPS) is 12.9. The van der Waals surface area contributed by atoms with Gasteiger partial charge in [0.25, 0.3) is 5.91 Å². The van der Waals surface area contributed by atoms with Crippen LogP contribution in [0.15, 0.2) is 34.4 Å². The molecule has 8 heteroatoms. The molecule has 0 atom stereocenters. The van der Waals surface area contributed by atoms with Crippen molar-refractivity contribution in [2.24, 2.45) is 10.1 Å². The van der Waals surface area contributed by atoms with E-state index >= 15 is 0 Å². The Morgan fingerprint density at radius 1 is 1.25 bits per heavy atom. The molecule has 0 aromatic heterocycles. The smallest absolute Gasteiger partial charge is 0.260 e. The Labute approximate surface area is 114 Å². The minimum atomic E-state index is -0.255. The average molecular weight is 267 g/mol. The number of nitrogens with zero attached hydrogens (tertiary/aromatic N) is 4. The second-order valence-corrected chi connectivity index (χ2v) is 3.71. The number of benzene rings is 1. The summed E-state index contributed by atoms with van der Waals surface area (Å²) in [5.41, 5.74) is 8.92. The lowest BCUT2D eigenvalue weighted by Gasteiger charge is -2.15. The van der Waals surface area contributed by atoms with Gasteiger partial charge >= 0.3 is 0 Å². The third-order valence-electron chi connectivity index (χ3n) is 2.37. The van der Waals surface area contributed by atoms with Gasteiger partial charge in [-0.3, -0.25) is 26.1 Å². The Bertz CT molecular complexity index is 645. The fourth-order valence-electron chi connectivity index (χ4n) is 1.42. The van der Waals surface area contributed by atoms with Gasteiger partial charge < -0.3 is 0 Å². The van der Waals surface area contributed by atoms with Crippen LogP contribution < -0.4 is 16.3 Å². The van der Waals surface area contributed by atoms with Gasteiger partial charge in [0.2, 0.25) is 5.71 Å². The van der Waals surface area contributed by atoms with E-state index in [1.807, 2.05) is 0 Å². The molecule has 8 nitrogen and oxygen atoms in total. The number of carbonyl (C=O) groups excluding carboxylic acids is 1. The summed E-state index contributed by atoms with van der Waals surface area (Å²) in [6.45, 7) is 0.0837. The first-order valence-electron chi connectivity index (χ1n) is 5.56. The number of hydrazine groups is 1. The van der Waals surface area contributed by atoms with E-state index in [2.05, 4.69) is 26.4 Å². The first-order valence-corrected chi connectivity index (χ1v) is 5.56. The minimum absolute atomic E-state index is 0.0837. The van der Waals surface area contributed by atoms with Crippen LogP contribution in [-0.2, 0) is 4.79 Å². The van der Waals surface area contributed by atoms with Crippen LogP contribution in [0, 0.1) is 22.7 Å². The standard InChI is InChI=1S/C12H9N7O/c13-5-10(6-14)17-16-9-3-1-8(2-4-9)12-15-7-11(20)18-19-12/h1-4,16H,7H2,(H,15,19)(H,18,20). The quantitative estimate of drug-likeness (QED) is 0.520. The molecule has 1 aliphatic rings. The zero-order valence-electron chi connectivity index (χ0n) is 10.2. The molecule has 98 valence electrons. The maximum atomic E-state index is 10.9. The summed E-state index contributed by atoms with van der Waals surface area (Å²) in [4.78, 5) is 15.0. The van der Waals surface area contributed by atoms with Crippen molar-refractivity contribution in [3.05, 3.63) is 29.8 Å². The minimum Gasteiger partial charge on any atom is -0.282 e. The third-order valence-corrected chi connectivity index (χ3v) is 2.37. The lowest BCUT2D eigenvalue weighted by atomic mass is 10.2. The maximum absolute atomic E-state index is 10.9. The van der Waals surface area contributed by atoms with E-state index in [1.54, 1.807) is 36.4 Å². The zero-order valence-corrected chi connectivity index (χ0v) is 10.2. The van der Waals surface area contributed by atoms with Crippen LogP contribution in [0.1, 0.15) is 5.56 Å². The molecule has 1 amide bonds. The van der Waals surface area contributed by atoms with E-state index in [4.69, 9.17) is 10.5 Å². The van der Waals surface area contributed by atoms with Crippen LogP contribution in [0.3, 0.4) is 0 Å². The van der Waals surface area contributed by atoms with Crippen LogP contribution in [-0.4, -0.2) is 24.0 Å². The van der Waals surface area contributed by atoms with E-state index in [1.165, 1.54) is 0 Å². The van der Waals surface area contributed by atoms with Crippen molar-refractivity contribution in [1.29, 1.82) is 10.5 Å². The molecular weight excluding hydrogens is 258 g/mol. The highest BCUT2D eigenvalue weighted by molar-refractivity contribution is 6.10. The summed E-state index contributed by atoms with van der Waals surface area (Å²) in [5, 5.41) is 20.7. The predicted molar refractivity (Wildman–Crippen MR) is 71.4 cm³/mol. The average Bonchev–Trinajstić information content (AvgIpc) is 2.50. The number of hydrogen-bond acceptors (Lipinski definition) is 7. The molecule has 0 aliphatic carbocycles. The van der Waals surface area contributed by atoms with E-state index in [9.17, 15) is 4.79 Å². The Balaban J connectivity index is 2.08. The van der Waals surface area contributed by atoms with Crippen molar-refractivity contribution in [3.8, 4) is 12.1 Å². The third kappa shape index (κ3) is 3.09. The van der Waals surface area contributed by atoms with Crippen LogP contribution >= 0.6 is 0 Å². The van der Waals surface area contributed by atoms with Gasteiger partial charge in [0.1, 0.15) is 24.5 Å². The Hall–Kier alpha value is -3.39. The SMILES string of the molecule is N#CC(C#N)=NNc1ccc(C2=NCC(=O)NN2)cc1. The van der Waals surface area contributed by atoms with Crippen LogP contribution in [0.2, 0.25) is 0 Å². The van der Waals surface area contributed by atoms with Gasteiger partial charge in [0.05, 0.1) is 5.69 Å². The highest BCUT2D eigenvalue weighted by atomic mass is 16.2. The molecule has 1 aromatic carbocycles. The number of hydrazone groups is 1. The number of amides is 1. The number of rotatable bonds is 3. The highest BCUT2D eigenvalue weighted by Crippen LogP contribution is 2.10. The van der Waals surface area contributed by atoms with Gasteiger partial charge in [-0.2, -0.15) is 15.6 Å². The molecule has 0 fully saturated rings. The number of nitrogens with one attached hydrogen (secondary N) is 3. The van der Waals surface area contributed by atoms with Gasteiger partial charge in [0.15, 0.2) is 0 Å². The summed E-state index contributed by atoms with van der Waals surface area (Å²) >= 11 is 0. The molecule has 1 aromatic rings. The molecule has 0 bridgehead atoms. The Morgan fingerprint density at radius 2 is 1.95 bits per heavy atom. The monoisotopic (exact) mass is 267 g/mol. The van der Waals surface area contributed by atoms with Crippen molar-refractivity contribution in [2.45, 2.75) is 0 Å². The second kappa shape index (κ2) is 5.98. The van der Waals surface area contributed by atoms with Crippen molar-refractivity contribution >= 4 is 23.1 Å². The Kier molecular flexibility index (Phi) is 3.90. The topological polar surface area (TPSA) is 125 Å². The van der Waals surface area contributed by atoms with Crippen LogP contribution in [0.5, 0.6) is 0 Å². The first kappa shape index (κ1) is 13.1. The molecule has 0 saturated carbocycles. The number of carbonyl (C=O) groups is 1. The van der Waals surface area contributed by atoms with Gasteiger partial charge in [-0.25, -0.2) is 0 Å². The molecule has 2 rings (SSSR count). The van der Waals surface area contributed by atoms with Crippen molar-refractivity contribution in [3.63, 3.8) is 0 Å². The summed E-state index contributed by atoms with van der Waals surface area (Å²) in [6, 6.07) is 10.2. The molecular formula is C12H9N7O. The maximum Gasteiger partial charge on any atom is 0.260 e. The van der Waals surface area contributed by atoms with Crippen LogP contribution in [0.25, 0.3) is 0 Å². The van der Waals surface area contributed by atoms with Gasteiger partial charge in [-0.05, 0) is 24.3 Å². The summed E-state index contributed by atoms with van der Waals surface area (Å²) in [5.74, 6) is 0.372. The fraction of sp³-hybridized carbons (Fsp3) is 0.0833. The summed E-state index contributed by atoms with van der Waals surface area (Å²) in [6.07, 6.45) is 0. The van der Waals surface area contributed by atoms with Crippen molar-refractivity contribution in [1.82, 2.24) is 10.9 Å². The molecule has 1 aliphatic heterocycles. The van der Waals surface area contributed by atoms with Crippen molar-refractivity contribution in [2.75, 3.05) is 12.0 Å². The van der Waals surface area contributed by atoms with Gasteiger partial charge in [-0.15, -0.1) is 0 Å². The lowest BCUT2D eigenvalue weighted by Crippen LogP contribution is -2.47. The molecule has 1 heterocycles. The van der Waals surface area contributed by atoms with E-state index in [0.29, 0.717) is 11.5 Å². The number of nitriles is 2. The summed E-state index contributed by atoms with van der Waals surface area (Å²) < 4.78 is 0. The largest absolute Gasteiger partial charge is 0.282 e.